The SMILES string of the molecule is Cn1cc(C(NC2CCCCC2)C(=O)O)cn1. The van der Waals surface area contributed by atoms with E-state index in [4.69, 9.17) is 0 Å². The monoisotopic (exact) mass is 237 g/mol. The smallest absolute Gasteiger partial charge is 0.325 e. The molecule has 2 N–H and O–H groups in total. The number of hydrogen-bond acceptors (Lipinski definition) is 3. The molecule has 1 aromatic heterocycles. The Balaban J connectivity index is 2.04. The summed E-state index contributed by atoms with van der Waals surface area (Å²) in [4.78, 5) is 11.3. The van der Waals surface area contributed by atoms with Crippen molar-refractivity contribution in [1.29, 1.82) is 0 Å². The first-order valence-corrected chi connectivity index (χ1v) is 6.14. The van der Waals surface area contributed by atoms with Gasteiger partial charge in [0.25, 0.3) is 0 Å². The highest BCUT2D eigenvalue weighted by atomic mass is 16.4. The zero-order valence-corrected chi connectivity index (χ0v) is 10.1. The minimum absolute atomic E-state index is 0.324. The third-order valence-corrected chi connectivity index (χ3v) is 3.31. The van der Waals surface area contributed by atoms with Crippen molar-refractivity contribution in [2.24, 2.45) is 7.05 Å². The van der Waals surface area contributed by atoms with Crippen molar-refractivity contribution >= 4 is 5.97 Å². The molecule has 1 saturated carbocycles. The molecule has 0 aromatic carbocycles. The second-order valence-corrected chi connectivity index (χ2v) is 4.72. The average Bonchev–Trinajstić information content (AvgIpc) is 2.73. The van der Waals surface area contributed by atoms with E-state index in [2.05, 4.69) is 10.4 Å². The van der Waals surface area contributed by atoms with Gasteiger partial charge in [-0.1, -0.05) is 19.3 Å². The van der Waals surface area contributed by atoms with Crippen molar-refractivity contribution in [2.75, 3.05) is 0 Å². The van der Waals surface area contributed by atoms with Gasteiger partial charge in [-0.3, -0.25) is 14.8 Å². The lowest BCUT2D eigenvalue weighted by Crippen LogP contribution is -2.38. The first-order valence-electron chi connectivity index (χ1n) is 6.14. The Morgan fingerprint density at radius 1 is 1.53 bits per heavy atom. The summed E-state index contributed by atoms with van der Waals surface area (Å²) in [6.45, 7) is 0. The zero-order valence-electron chi connectivity index (χ0n) is 10.1. The normalized spacial score (nSPS) is 19.1. The molecule has 1 aliphatic carbocycles. The maximum absolute atomic E-state index is 11.3. The Labute approximate surface area is 101 Å². The van der Waals surface area contributed by atoms with E-state index >= 15 is 0 Å². The van der Waals surface area contributed by atoms with Crippen LogP contribution in [0.1, 0.15) is 43.7 Å². The molecule has 94 valence electrons. The van der Waals surface area contributed by atoms with Crippen molar-refractivity contribution in [3.8, 4) is 0 Å². The second kappa shape index (κ2) is 5.31. The Hall–Kier alpha value is -1.36. The molecular weight excluding hydrogens is 218 g/mol. The van der Waals surface area contributed by atoms with Gasteiger partial charge in [0, 0.05) is 24.8 Å². The molecule has 1 fully saturated rings. The third kappa shape index (κ3) is 3.06. The van der Waals surface area contributed by atoms with Gasteiger partial charge in [-0.05, 0) is 12.8 Å². The molecule has 1 atom stereocenters. The number of rotatable bonds is 4. The highest BCUT2D eigenvalue weighted by Crippen LogP contribution is 2.21. The van der Waals surface area contributed by atoms with Crippen LogP contribution in [0, 0.1) is 0 Å². The van der Waals surface area contributed by atoms with Gasteiger partial charge in [0.2, 0.25) is 0 Å². The van der Waals surface area contributed by atoms with Gasteiger partial charge in [-0.25, -0.2) is 0 Å². The summed E-state index contributed by atoms with van der Waals surface area (Å²) >= 11 is 0. The molecule has 1 heterocycles. The fourth-order valence-electron chi connectivity index (χ4n) is 2.40. The van der Waals surface area contributed by atoms with E-state index < -0.39 is 12.0 Å². The van der Waals surface area contributed by atoms with Crippen LogP contribution in [0.4, 0.5) is 0 Å². The zero-order chi connectivity index (χ0) is 12.3. The molecule has 1 aliphatic rings. The third-order valence-electron chi connectivity index (χ3n) is 3.31. The van der Waals surface area contributed by atoms with Crippen LogP contribution in [-0.2, 0) is 11.8 Å². The molecule has 1 unspecified atom stereocenters. The van der Waals surface area contributed by atoms with E-state index in [0.717, 1.165) is 18.4 Å². The minimum Gasteiger partial charge on any atom is -0.480 e. The van der Waals surface area contributed by atoms with E-state index in [1.54, 1.807) is 24.1 Å². The summed E-state index contributed by atoms with van der Waals surface area (Å²) in [5.74, 6) is -0.830. The quantitative estimate of drug-likeness (QED) is 0.832. The molecule has 1 aromatic rings. The van der Waals surface area contributed by atoms with Crippen LogP contribution >= 0.6 is 0 Å². The van der Waals surface area contributed by atoms with Crippen molar-refractivity contribution in [2.45, 2.75) is 44.2 Å². The van der Waals surface area contributed by atoms with E-state index in [-0.39, 0.29) is 0 Å². The van der Waals surface area contributed by atoms with Gasteiger partial charge in [0.1, 0.15) is 6.04 Å². The molecule has 5 heteroatoms. The Bertz CT molecular complexity index is 383. The van der Waals surface area contributed by atoms with Crippen molar-refractivity contribution in [3.05, 3.63) is 18.0 Å². The predicted octanol–water partition coefficient (Wildman–Crippen LogP) is 1.47. The molecule has 5 nitrogen and oxygen atoms in total. The lowest BCUT2D eigenvalue weighted by Gasteiger charge is -2.26. The first kappa shape index (κ1) is 12.1. The maximum Gasteiger partial charge on any atom is 0.325 e. The Morgan fingerprint density at radius 3 is 2.76 bits per heavy atom. The van der Waals surface area contributed by atoms with Gasteiger partial charge < -0.3 is 5.11 Å². The van der Waals surface area contributed by atoms with E-state index in [1.807, 2.05) is 0 Å². The summed E-state index contributed by atoms with van der Waals surface area (Å²) in [5, 5.41) is 16.5. The Kier molecular flexibility index (Phi) is 3.78. The highest BCUT2D eigenvalue weighted by Gasteiger charge is 2.25. The van der Waals surface area contributed by atoms with E-state index in [1.165, 1.54) is 19.3 Å². The summed E-state index contributed by atoms with van der Waals surface area (Å²) in [7, 11) is 1.79. The van der Waals surface area contributed by atoms with Crippen molar-refractivity contribution in [1.82, 2.24) is 15.1 Å². The van der Waals surface area contributed by atoms with Crippen molar-refractivity contribution in [3.63, 3.8) is 0 Å². The van der Waals surface area contributed by atoms with Crippen LogP contribution in [0.5, 0.6) is 0 Å². The van der Waals surface area contributed by atoms with Gasteiger partial charge in [0.15, 0.2) is 0 Å². The van der Waals surface area contributed by atoms with E-state index in [9.17, 15) is 9.90 Å². The minimum atomic E-state index is -0.830. The molecule has 0 amide bonds. The topological polar surface area (TPSA) is 67.2 Å². The van der Waals surface area contributed by atoms with Crippen LogP contribution < -0.4 is 5.32 Å². The molecule has 2 rings (SSSR count). The standard InChI is InChI=1S/C12H19N3O2/c1-15-8-9(7-13-15)11(12(16)17)14-10-5-3-2-4-6-10/h7-8,10-11,14H,2-6H2,1H3,(H,16,17). The van der Waals surface area contributed by atoms with E-state index in [0.29, 0.717) is 6.04 Å². The molecule has 0 spiro atoms. The number of carboxylic acids is 1. The fourth-order valence-corrected chi connectivity index (χ4v) is 2.40. The van der Waals surface area contributed by atoms with Gasteiger partial charge in [-0.2, -0.15) is 5.10 Å². The number of nitrogens with one attached hydrogen (secondary N) is 1. The van der Waals surface area contributed by atoms with Crippen molar-refractivity contribution < 1.29 is 9.90 Å². The van der Waals surface area contributed by atoms with Crippen LogP contribution in [0.3, 0.4) is 0 Å². The summed E-state index contributed by atoms with van der Waals surface area (Å²) in [6, 6.07) is -0.308. The molecule has 17 heavy (non-hydrogen) atoms. The number of aromatic nitrogens is 2. The Morgan fingerprint density at radius 2 is 2.24 bits per heavy atom. The summed E-state index contributed by atoms with van der Waals surface area (Å²) in [6.07, 6.45) is 9.17. The second-order valence-electron chi connectivity index (χ2n) is 4.72. The number of hydrogen-bond donors (Lipinski definition) is 2. The molecular formula is C12H19N3O2. The number of nitrogens with zero attached hydrogens (tertiary/aromatic N) is 2. The van der Waals surface area contributed by atoms with Gasteiger partial charge in [0.05, 0.1) is 6.20 Å². The van der Waals surface area contributed by atoms with Crippen LogP contribution in [0.25, 0.3) is 0 Å². The number of carboxylic acid groups (broad SMARTS) is 1. The molecule has 0 radical (unpaired) electrons. The molecule has 0 bridgehead atoms. The van der Waals surface area contributed by atoms with Crippen LogP contribution in [0.2, 0.25) is 0 Å². The predicted molar refractivity (Wildman–Crippen MR) is 63.6 cm³/mol. The lowest BCUT2D eigenvalue weighted by molar-refractivity contribution is -0.140. The molecule has 0 saturated heterocycles. The number of aliphatic carboxylic acids is 1. The maximum atomic E-state index is 11.3. The largest absolute Gasteiger partial charge is 0.480 e. The van der Waals surface area contributed by atoms with Gasteiger partial charge >= 0.3 is 5.97 Å². The number of carbonyl (C=O) groups is 1. The fraction of sp³-hybridized carbons (Fsp3) is 0.667. The number of aryl methyl sites for hydroxylation is 1. The first-order chi connectivity index (χ1) is 8.16. The van der Waals surface area contributed by atoms with Crippen LogP contribution in [0.15, 0.2) is 12.4 Å². The summed E-state index contributed by atoms with van der Waals surface area (Å²) < 4.78 is 1.63. The molecule has 0 aliphatic heterocycles. The van der Waals surface area contributed by atoms with Crippen LogP contribution in [-0.4, -0.2) is 26.9 Å². The average molecular weight is 237 g/mol. The summed E-state index contributed by atoms with van der Waals surface area (Å²) in [5.41, 5.74) is 0.727. The lowest BCUT2D eigenvalue weighted by atomic mass is 9.94. The highest BCUT2D eigenvalue weighted by molar-refractivity contribution is 5.75. The van der Waals surface area contributed by atoms with Gasteiger partial charge in [-0.15, -0.1) is 0 Å².